The van der Waals surface area contributed by atoms with Gasteiger partial charge in [0, 0.05) is 31.0 Å². The van der Waals surface area contributed by atoms with Gasteiger partial charge in [-0.05, 0) is 98.2 Å². The average molecular weight is 504 g/mol. The van der Waals surface area contributed by atoms with Crippen LogP contribution in [0.4, 0.5) is 5.69 Å². The molecular weight excluding hydrogens is 458 g/mol. The molecule has 0 spiro atoms. The third kappa shape index (κ3) is 7.77. The molecule has 0 fully saturated rings. The predicted octanol–water partition coefficient (Wildman–Crippen LogP) is 8.81. The largest absolute Gasteiger partial charge is 0.366 e. The van der Waals surface area contributed by atoms with Crippen LogP contribution in [-0.4, -0.2) is 29.8 Å². The molecule has 3 nitrogen and oxygen atoms in total. The molecule has 0 bridgehead atoms. The van der Waals surface area contributed by atoms with Crippen LogP contribution in [0.1, 0.15) is 80.3 Å². The van der Waals surface area contributed by atoms with Crippen LogP contribution in [0.2, 0.25) is 0 Å². The minimum absolute atomic E-state index is 0.852. The molecular formula is C32H45N3S. The first-order chi connectivity index (χ1) is 17.2. The van der Waals surface area contributed by atoms with Crippen molar-refractivity contribution in [2.45, 2.75) is 80.6 Å². The molecule has 4 heteroatoms. The first-order valence-corrected chi connectivity index (χ1v) is 14.5. The summed E-state index contributed by atoms with van der Waals surface area (Å²) in [7, 11) is 2.04. The molecule has 2 aromatic carbocycles. The first-order valence-electron chi connectivity index (χ1n) is 13.6. The SMILES string of the molecule is CC(C)C(C)C.CCN(C)C=Nc1cc(C)c(Cc2nc(-c3ccc4c(c3)CCCC4)cs2)cc1C. The molecule has 3 aromatic rings. The van der Waals surface area contributed by atoms with Gasteiger partial charge in [0.2, 0.25) is 0 Å². The molecule has 1 aliphatic rings. The van der Waals surface area contributed by atoms with E-state index in [2.05, 4.69) is 94.1 Å². The average Bonchev–Trinajstić information content (AvgIpc) is 3.33. The lowest BCUT2D eigenvalue weighted by molar-refractivity contribution is 0.457. The summed E-state index contributed by atoms with van der Waals surface area (Å²) in [6.45, 7) is 16.4. The summed E-state index contributed by atoms with van der Waals surface area (Å²) in [5.74, 6) is 1.70. The molecule has 0 saturated heterocycles. The summed E-state index contributed by atoms with van der Waals surface area (Å²) in [4.78, 5) is 11.7. The van der Waals surface area contributed by atoms with Crippen LogP contribution >= 0.6 is 11.3 Å². The number of hydrogen-bond donors (Lipinski definition) is 0. The van der Waals surface area contributed by atoms with Crippen molar-refractivity contribution in [1.82, 2.24) is 9.88 Å². The maximum absolute atomic E-state index is 4.97. The number of aromatic nitrogens is 1. The maximum atomic E-state index is 4.97. The Hall–Kier alpha value is -2.46. The van der Waals surface area contributed by atoms with E-state index in [9.17, 15) is 0 Å². The Balaban J connectivity index is 0.000000538. The second kappa shape index (κ2) is 13.2. The third-order valence-electron chi connectivity index (χ3n) is 7.42. The minimum atomic E-state index is 0.852. The van der Waals surface area contributed by atoms with Gasteiger partial charge in [0.15, 0.2) is 0 Å². The van der Waals surface area contributed by atoms with E-state index in [1.807, 2.05) is 13.4 Å². The Bertz CT molecular complexity index is 1150. The van der Waals surface area contributed by atoms with Crippen LogP contribution < -0.4 is 0 Å². The summed E-state index contributed by atoms with van der Waals surface area (Å²) >= 11 is 1.77. The van der Waals surface area contributed by atoms with Gasteiger partial charge < -0.3 is 4.90 Å². The highest BCUT2D eigenvalue weighted by Crippen LogP contribution is 2.30. The second-order valence-corrected chi connectivity index (χ2v) is 11.8. The van der Waals surface area contributed by atoms with E-state index < -0.39 is 0 Å². The lowest BCUT2D eigenvalue weighted by Crippen LogP contribution is -2.14. The standard InChI is InChI=1S/C26H31N3S.C6H14/c1-5-29(4)17-27-24-13-18(2)23(12-19(24)3)15-26-28-25(16-30-26)22-11-10-20-8-6-7-9-21(20)14-22;1-5(2)6(3)4/h10-14,16-17H,5-9,15H2,1-4H3;5-6H,1-4H3. The summed E-state index contributed by atoms with van der Waals surface area (Å²) in [5, 5.41) is 3.38. The molecule has 4 rings (SSSR count). The number of fused-ring (bicyclic) bond motifs is 1. The van der Waals surface area contributed by atoms with Crippen LogP contribution in [0.5, 0.6) is 0 Å². The Kier molecular flexibility index (Phi) is 10.3. The number of thiazole rings is 1. The number of aryl methyl sites for hydroxylation is 4. The number of benzene rings is 2. The van der Waals surface area contributed by atoms with Crippen molar-refractivity contribution in [3.63, 3.8) is 0 Å². The Labute approximate surface area is 223 Å². The summed E-state index contributed by atoms with van der Waals surface area (Å²) < 4.78 is 0. The molecule has 0 saturated carbocycles. The zero-order chi connectivity index (χ0) is 26.2. The molecule has 1 aromatic heterocycles. The van der Waals surface area contributed by atoms with Crippen molar-refractivity contribution in [1.29, 1.82) is 0 Å². The molecule has 0 N–H and O–H groups in total. The van der Waals surface area contributed by atoms with Crippen molar-refractivity contribution < 1.29 is 0 Å². The van der Waals surface area contributed by atoms with Gasteiger partial charge in [0.1, 0.15) is 0 Å². The van der Waals surface area contributed by atoms with E-state index in [-0.39, 0.29) is 0 Å². The highest BCUT2D eigenvalue weighted by atomic mass is 32.1. The Morgan fingerprint density at radius 1 is 0.972 bits per heavy atom. The van der Waals surface area contributed by atoms with Gasteiger partial charge in [0.05, 0.1) is 22.7 Å². The van der Waals surface area contributed by atoms with Crippen LogP contribution in [0.3, 0.4) is 0 Å². The zero-order valence-corrected chi connectivity index (χ0v) is 24.5. The summed E-state index contributed by atoms with van der Waals surface area (Å²) in [6, 6.07) is 11.4. The van der Waals surface area contributed by atoms with E-state index in [1.54, 1.807) is 11.3 Å². The highest BCUT2D eigenvalue weighted by molar-refractivity contribution is 7.10. The van der Waals surface area contributed by atoms with E-state index in [4.69, 9.17) is 4.98 Å². The molecule has 1 aliphatic carbocycles. The van der Waals surface area contributed by atoms with Gasteiger partial charge in [-0.2, -0.15) is 0 Å². The molecule has 0 amide bonds. The van der Waals surface area contributed by atoms with E-state index in [1.165, 1.54) is 64.1 Å². The van der Waals surface area contributed by atoms with E-state index in [0.717, 1.165) is 36.2 Å². The third-order valence-corrected chi connectivity index (χ3v) is 8.27. The first kappa shape index (κ1) is 28.1. The lowest BCUT2D eigenvalue weighted by atomic mass is 9.90. The topological polar surface area (TPSA) is 28.5 Å². The van der Waals surface area contributed by atoms with Gasteiger partial charge >= 0.3 is 0 Å². The van der Waals surface area contributed by atoms with Crippen molar-refractivity contribution in [2.75, 3.05) is 13.6 Å². The monoisotopic (exact) mass is 503 g/mol. The number of hydrogen-bond acceptors (Lipinski definition) is 3. The van der Waals surface area contributed by atoms with Gasteiger partial charge in [-0.1, -0.05) is 45.9 Å². The highest BCUT2D eigenvalue weighted by Gasteiger charge is 2.13. The predicted molar refractivity (Wildman–Crippen MR) is 159 cm³/mol. The Morgan fingerprint density at radius 2 is 1.67 bits per heavy atom. The molecule has 1 heterocycles. The summed E-state index contributed by atoms with van der Waals surface area (Å²) in [5.41, 5.74) is 10.3. The molecule has 0 aliphatic heterocycles. The van der Waals surface area contributed by atoms with E-state index in [0.29, 0.717) is 0 Å². The van der Waals surface area contributed by atoms with Gasteiger partial charge in [0.25, 0.3) is 0 Å². The van der Waals surface area contributed by atoms with Crippen molar-refractivity contribution in [3.8, 4) is 11.3 Å². The fourth-order valence-corrected chi connectivity index (χ4v) is 4.84. The fourth-order valence-electron chi connectivity index (χ4n) is 4.01. The fraction of sp³-hybridized carbons (Fsp3) is 0.500. The minimum Gasteiger partial charge on any atom is -0.366 e. The second-order valence-electron chi connectivity index (χ2n) is 10.9. The lowest BCUT2D eigenvalue weighted by Gasteiger charge is -2.16. The van der Waals surface area contributed by atoms with Crippen molar-refractivity contribution in [3.05, 3.63) is 68.5 Å². The smallest absolute Gasteiger partial charge is 0.0976 e. The van der Waals surface area contributed by atoms with Crippen molar-refractivity contribution in [2.24, 2.45) is 16.8 Å². The molecule has 36 heavy (non-hydrogen) atoms. The van der Waals surface area contributed by atoms with Gasteiger partial charge in [-0.25, -0.2) is 9.98 Å². The van der Waals surface area contributed by atoms with Gasteiger partial charge in [-0.15, -0.1) is 11.3 Å². The molecule has 0 unspecified atom stereocenters. The van der Waals surface area contributed by atoms with Crippen LogP contribution in [-0.2, 0) is 19.3 Å². The quantitative estimate of drug-likeness (QED) is 0.238. The van der Waals surface area contributed by atoms with Crippen LogP contribution in [0.25, 0.3) is 11.3 Å². The van der Waals surface area contributed by atoms with Crippen molar-refractivity contribution >= 4 is 23.4 Å². The number of rotatable bonds is 7. The number of nitrogens with zero attached hydrogens (tertiary/aromatic N) is 3. The normalized spacial score (nSPS) is 13.2. The zero-order valence-electron chi connectivity index (χ0n) is 23.7. The Morgan fingerprint density at radius 3 is 2.33 bits per heavy atom. The van der Waals surface area contributed by atoms with Crippen LogP contribution in [0, 0.1) is 25.7 Å². The molecule has 0 atom stereocenters. The molecule has 194 valence electrons. The molecule has 0 radical (unpaired) electrons. The van der Waals surface area contributed by atoms with E-state index >= 15 is 0 Å². The summed E-state index contributed by atoms with van der Waals surface area (Å²) in [6.07, 6.45) is 7.86. The number of aliphatic imine (C=N–C) groups is 1. The maximum Gasteiger partial charge on any atom is 0.0976 e. The van der Waals surface area contributed by atoms with Crippen LogP contribution in [0.15, 0.2) is 40.7 Å². The van der Waals surface area contributed by atoms with Gasteiger partial charge in [-0.3, -0.25) is 0 Å².